The number of aromatic amines is 1. The van der Waals surface area contributed by atoms with Crippen LogP contribution in [0.1, 0.15) is 41.7 Å². The fraction of sp³-hybridized carbons (Fsp3) is 0.615. The lowest BCUT2D eigenvalue weighted by molar-refractivity contribution is 0.0695. The summed E-state index contributed by atoms with van der Waals surface area (Å²) in [6, 6.07) is 1.86. The van der Waals surface area contributed by atoms with Crippen LogP contribution in [0, 0.1) is 5.92 Å². The predicted molar refractivity (Wildman–Crippen MR) is 67.4 cm³/mol. The van der Waals surface area contributed by atoms with Gasteiger partial charge in [-0.25, -0.2) is 4.79 Å². The fourth-order valence-corrected chi connectivity index (χ4v) is 2.68. The standard InChI is InChI=1S/C13H20N2O3/c16-8-9-3-1-2-4-11(9)15-7-12-10(13(17)18)5-6-14-12/h5-6,9,11,14-16H,1-4,7-8H2,(H,17,18). The summed E-state index contributed by atoms with van der Waals surface area (Å²) in [5.41, 5.74) is 1.02. The van der Waals surface area contributed by atoms with Crippen LogP contribution in [0.3, 0.4) is 0 Å². The van der Waals surface area contributed by atoms with Crippen LogP contribution in [-0.4, -0.2) is 33.8 Å². The molecule has 1 aliphatic carbocycles. The van der Waals surface area contributed by atoms with Gasteiger partial charge >= 0.3 is 5.97 Å². The van der Waals surface area contributed by atoms with Gasteiger partial charge in [0.05, 0.1) is 5.56 Å². The Balaban J connectivity index is 1.93. The van der Waals surface area contributed by atoms with Crippen molar-refractivity contribution in [2.24, 2.45) is 5.92 Å². The van der Waals surface area contributed by atoms with E-state index in [2.05, 4.69) is 10.3 Å². The Hall–Kier alpha value is -1.33. The van der Waals surface area contributed by atoms with Crippen LogP contribution >= 0.6 is 0 Å². The molecule has 1 saturated carbocycles. The topological polar surface area (TPSA) is 85.3 Å². The maximum absolute atomic E-state index is 11.0. The van der Waals surface area contributed by atoms with E-state index in [9.17, 15) is 9.90 Å². The fourth-order valence-electron chi connectivity index (χ4n) is 2.68. The van der Waals surface area contributed by atoms with Gasteiger partial charge in [-0.1, -0.05) is 12.8 Å². The first-order valence-corrected chi connectivity index (χ1v) is 6.46. The summed E-state index contributed by atoms with van der Waals surface area (Å²) in [5, 5.41) is 21.7. The summed E-state index contributed by atoms with van der Waals surface area (Å²) in [6.45, 7) is 0.712. The van der Waals surface area contributed by atoms with Crippen molar-refractivity contribution in [3.63, 3.8) is 0 Å². The lowest BCUT2D eigenvalue weighted by Gasteiger charge is -2.31. The van der Waals surface area contributed by atoms with Crippen LogP contribution in [0.15, 0.2) is 12.3 Å². The number of aromatic carboxylic acids is 1. The van der Waals surface area contributed by atoms with E-state index in [0.29, 0.717) is 23.7 Å². The zero-order valence-corrected chi connectivity index (χ0v) is 10.4. The minimum Gasteiger partial charge on any atom is -0.478 e. The summed E-state index contributed by atoms with van der Waals surface area (Å²) in [6.07, 6.45) is 6.08. The average Bonchev–Trinajstić information content (AvgIpc) is 2.85. The van der Waals surface area contributed by atoms with Crippen molar-refractivity contribution in [2.45, 2.75) is 38.3 Å². The number of carbonyl (C=O) groups is 1. The van der Waals surface area contributed by atoms with Crippen LogP contribution in [0.2, 0.25) is 0 Å². The number of nitrogens with one attached hydrogen (secondary N) is 2. The van der Waals surface area contributed by atoms with Crippen molar-refractivity contribution in [3.8, 4) is 0 Å². The van der Waals surface area contributed by atoms with Gasteiger partial charge in [0.1, 0.15) is 0 Å². The molecular formula is C13H20N2O3. The molecule has 1 heterocycles. The molecule has 2 atom stereocenters. The van der Waals surface area contributed by atoms with Crippen LogP contribution in [0.25, 0.3) is 0 Å². The SMILES string of the molecule is O=C(O)c1cc[nH]c1CNC1CCCCC1CO. The summed E-state index contributed by atoms with van der Waals surface area (Å²) in [7, 11) is 0. The maximum Gasteiger partial charge on any atom is 0.337 e. The summed E-state index contributed by atoms with van der Waals surface area (Å²) in [4.78, 5) is 13.9. The van der Waals surface area contributed by atoms with Gasteiger partial charge in [0.15, 0.2) is 0 Å². The number of carboxylic acids is 1. The van der Waals surface area contributed by atoms with Crippen LogP contribution < -0.4 is 5.32 Å². The number of aromatic nitrogens is 1. The van der Waals surface area contributed by atoms with Crippen molar-refractivity contribution < 1.29 is 15.0 Å². The Kier molecular flexibility index (Phi) is 4.38. The Bertz CT molecular complexity index is 403. The molecule has 0 aromatic carbocycles. The molecule has 4 N–H and O–H groups in total. The molecule has 0 bridgehead atoms. The van der Waals surface area contributed by atoms with Crippen molar-refractivity contribution in [1.82, 2.24) is 10.3 Å². The van der Waals surface area contributed by atoms with E-state index >= 15 is 0 Å². The molecule has 2 rings (SSSR count). The third-order valence-electron chi connectivity index (χ3n) is 3.75. The number of carboxylic acid groups (broad SMARTS) is 1. The van der Waals surface area contributed by atoms with Crippen molar-refractivity contribution in [2.75, 3.05) is 6.61 Å². The second-order valence-corrected chi connectivity index (χ2v) is 4.89. The first-order chi connectivity index (χ1) is 8.72. The molecule has 100 valence electrons. The van der Waals surface area contributed by atoms with Crippen LogP contribution in [-0.2, 0) is 6.54 Å². The molecule has 1 fully saturated rings. The van der Waals surface area contributed by atoms with E-state index in [1.54, 1.807) is 12.3 Å². The first kappa shape index (κ1) is 13.1. The normalized spacial score (nSPS) is 24.1. The Morgan fingerprint density at radius 2 is 2.22 bits per heavy atom. The first-order valence-electron chi connectivity index (χ1n) is 6.46. The van der Waals surface area contributed by atoms with E-state index in [1.807, 2.05) is 0 Å². The molecule has 2 unspecified atom stereocenters. The predicted octanol–water partition coefficient (Wildman–Crippen LogP) is 1.35. The highest BCUT2D eigenvalue weighted by molar-refractivity contribution is 5.88. The summed E-state index contributed by atoms with van der Waals surface area (Å²) in [5.74, 6) is -0.614. The van der Waals surface area contributed by atoms with Crippen LogP contribution in [0.4, 0.5) is 0 Å². The van der Waals surface area contributed by atoms with Gasteiger partial charge in [-0.3, -0.25) is 0 Å². The Morgan fingerprint density at radius 3 is 2.94 bits per heavy atom. The van der Waals surface area contributed by atoms with Gasteiger partial charge < -0.3 is 20.5 Å². The number of hydrogen-bond acceptors (Lipinski definition) is 3. The summed E-state index contributed by atoms with van der Waals surface area (Å²) >= 11 is 0. The van der Waals surface area contributed by atoms with Gasteiger partial charge in [0.25, 0.3) is 0 Å². The second-order valence-electron chi connectivity index (χ2n) is 4.89. The number of rotatable bonds is 5. The maximum atomic E-state index is 11.0. The van der Waals surface area contributed by atoms with Gasteiger partial charge in [-0.2, -0.15) is 0 Å². The van der Waals surface area contributed by atoms with Crippen molar-refractivity contribution in [3.05, 3.63) is 23.5 Å². The van der Waals surface area contributed by atoms with Crippen molar-refractivity contribution in [1.29, 1.82) is 0 Å². The third kappa shape index (κ3) is 2.91. The third-order valence-corrected chi connectivity index (χ3v) is 3.75. The molecule has 0 spiro atoms. The molecule has 0 aliphatic heterocycles. The van der Waals surface area contributed by atoms with Crippen molar-refractivity contribution >= 4 is 5.97 Å². The number of hydrogen-bond donors (Lipinski definition) is 4. The van der Waals surface area contributed by atoms with E-state index in [-0.39, 0.29) is 12.6 Å². The monoisotopic (exact) mass is 252 g/mol. The molecule has 5 nitrogen and oxygen atoms in total. The summed E-state index contributed by atoms with van der Waals surface area (Å²) < 4.78 is 0. The lowest BCUT2D eigenvalue weighted by atomic mass is 9.85. The molecule has 5 heteroatoms. The molecule has 1 aromatic rings. The van der Waals surface area contributed by atoms with E-state index in [4.69, 9.17) is 5.11 Å². The highest BCUT2D eigenvalue weighted by Crippen LogP contribution is 2.24. The molecule has 0 radical (unpaired) electrons. The van der Waals surface area contributed by atoms with Gasteiger partial charge in [-0.05, 0) is 24.8 Å². The minimum atomic E-state index is -0.907. The molecule has 18 heavy (non-hydrogen) atoms. The highest BCUT2D eigenvalue weighted by atomic mass is 16.4. The lowest BCUT2D eigenvalue weighted by Crippen LogP contribution is -2.40. The molecule has 0 amide bonds. The van der Waals surface area contributed by atoms with Gasteiger partial charge in [0.2, 0.25) is 0 Å². The average molecular weight is 252 g/mol. The molecular weight excluding hydrogens is 232 g/mol. The largest absolute Gasteiger partial charge is 0.478 e. The van der Waals surface area contributed by atoms with Gasteiger partial charge in [-0.15, -0.1) is 0 Å². The van der Waals surface area contributed by atoms with E-state index < -0.39 is 5.97 Å². The molecule has 0 saturated heterocycles. The molecule has 1 aliphatic rings. The quantitative estimate of drug-likeness (QED) is 0.637. The van der Waals surface area contributed by atoms with Gasteiger partial charge in [0, 0.05) is 31.1 Å². The Labute approximate surface area is 106 Å². The second kappa shape index (κ2) is 6.02. The Morgan fingerprint density at radius 1 is 1.44 bits per heavy atom. The van der Waals surface area contributed by atoms with E-state index in [1.165, 1.54) is 12.8 Å². The number of aliphatic hydroxyl groups is 1. The molecule has 1 aromatic heterocycles. The van der Waals surface area contributed by atoms with E-state index in [0.717, 1.165) is 12.8 Å². The number of aliphatic hydroxyl groups excluding tert-OH is 1. The smallest absolute Gasteiger partial charge is 0.337 e. The van der Waals surface area contributed by atoms with Crippen LogP contribution in [0.5, 0.6) is 0 Å². The zero-order chi connectivity index (χ0) is 13.0. The minimum absolute atomic E-state index is 0.203. The highest BCUT2D eigenvalue weighted by Gasteiger charge is 2.24. The number of H-pyrrole nitrogens is 1. The zero-order valence-electron chi connectivity index (χ0n) is 10.4.